The number of carbonyl (C=O) groups is 1. The second kappa shape index (κ2) is 7.72. The average Bonchev–Trinajstić information content (AvgIpc) is 2.36. The number of benzene rings is 1. The maximum absolute atomic E-state index is 12.3. The molecular weight excluding hydrogens is 299 g/mol. The van der Waals surface area contributed by atoms with Crippen LogP contribution in [0.3, 0.4) is 0 Å². The summed E-state index contributed by atoms with van der Waals surface area (Å²) in [6, 6.07) is 5.21. The molecule has 6 heteroatoms. The van der Waals surface area contributed by atoms with Gasteiger partial charge in [0.1, 0.15) is 5.75 Å². The van der Waals surface area contributed by atoms with Crippen molar-refractivity contribution < 1.29 is 9.53 Å². The van der Waals surface area contributed by atoms with E-state index in [9.17, 15) is 4.79 Å². The molecule has 1 rings (SSSR count). The number of nitrogens with two attached hydrogens (primary N) is 1. The van der Waals surface area contributed by atoms with E-state index in [4.69, 9.17) is 22.1 Å². The van der Waals surface area contributed by atoms with E-state index >= 15 is 0 Å². The number of halogens is 2. The lowest BCUT2D eigenvalue weighted by Crippen LogP contribution is -2.52. The van der Waals surface area contributed by atoms with Crippen LogP contribution in [-0.4, -0.2) is 25.6 Å². The van der Waals surface area contributed by atoms with Gasteiger partial charge in [0.15, 0.2) is 0 Å². The first-order valence-corrected chi connectivity index (χ1v) is 6.62. The number of hydrogen-bond acceptors (Lipinski definition) is 3. The summed E-state index contributed by atoms with van der Waals surface area (Å²) < 4.78 is 5.09. The molecule has 0 saturated carbocycles. The van der Waals surface area contributed by atoms with Crippen molar-refractivity contribution in [3.63, 3.8) is 0 Å². The average molecular weight is 321 g/mol. The van der Waals surface area contributed by atoms with Crippen LogP contribution in [0.1, 0.15) is 26.7 Å². The van der Waals surface area contributed by atoms with Gasteiger partial charge in [0.05, 0.1) is 17.7 Å². The lowest BCUT2D eigenvalue weighted by atomic mass is 9.95. The van der Waals surface area contributed by atoms with Gasteiger partial charge in [-0.05, 0) is 31.5 Å². The van der Waals surface area contributed by atoms with Crippen molar-refractivity contribution in [3.05, 3.63) is 23.2 Å². The number of methoxy groups -OCH3 is 1. The van der Waals surface area contributed by atoms with Gasteiger partial charge in [-0.25, -0.2) is 0 Å². The number of hydrogen-bond donors (Lipinski definition) is 1. The predicted octanol–water partition coefficient (Wildman–Crippen LogP) is 3.25. The molecule has 0 radical (unpaired) electrons. The van der Waals surface area contributed by atoms with Crippen LogP contribution in [0.25, 0.3) is 0 Å². The number of nitrogens with zero attached hydrogens (tertiary/aromatic N) is 1. The first-order chi connectivity index (χ1) is 8.83. The fourth-order valence-corrected chi connectivity index (χ4v) is 2.24. The van der Waals surface area contributed by atoms with E-state index in [1.807, 2.05) is 6.92 Å². The third-order valence-corrected chi connectivity index (χ3v) is 3.38. The molecule has 20 heavy (non-hydrogen) atoms. The molecule has 0 spiro atoms. The fourth-order valence-electron chi connectivity index (χ4n) is 1.99. The van der Waals surface area contributed by atoms with Crippen LogP contribution in [0.15, 0.2) is 18.2 Å². The van der Waals surface area contributed by atoms with Crippen molar-refractivity contribution in [2.45, 2.75) is 32.2 Å². The standard InChI is InChI=1S/C14H21ClN2O2.ClH/c1-5-8-14(2,16)13(18)17(3)10-6-7-12(19-4)11(15)9-10;/h6-7,9H,5,8,16H2,1-4H3;1H. The first-order valence-electron chi connectivity index (χ1n) is 6.24. The van der Waals surface area contributed by atoms with E-state index in [0.29, 0.717) is 22.9 Å². The predicted molar refractivity (Wildman–Crippen MR) is 86.2 cm³/mol. The highest BCUT2D eigenvalue weighted by molar-refractivity contribution is 6.32. The highest BCUT2D eigenvalue weighted by Crippen LogP contribution is 2.29. The van der Waals surface area contributed by atoms with Gasteiger partial charge in [-0.2, -0.15) is 0 Å². The number of likely N-dealkylation sites (N-methyl/N-ethyl adjacent to an activating group) is 1. The van der Waals surface area contributed by atoms with Gasteiger partial charge in [0.25, 0.3) is 0 Å². The molecule has 1 amide bonds. The highest BCUT2D eigenvalue weighted by Gasteiger charge is 2.30. The molecule has 0 aliphatic carbocycles. The molecule has 0 aromatic heterocycles. The Morgan fingerprint density at radius 1 is 1.50 bits per heavy atom. The summed E-state index contributed by atoms with van der Waals surface area (Å²) in [6.07, 6.45) is 1.50. The SMILES string of the molecule is CCCC(C)(N)C(=O)N(C)c1ccc(OC)c(Cl)c1.Cl. The van der Waals surface area contributed by atoms with Gasteiger partial charge in [-0.3, -0.25) is 4.79 Å². The van der Waals surface area contributed by atoms with Crippen molar-refractivity contribution in [3.8, 4) is 5.75 Å². The maximum Gasteiger partial charge on any atom is 0.246 e. The van der Waals surface area contributed by atoms with Gasteiger partial charge in [0.2, 0.25) is 5.91 Å². The van der Waals surface area contributed by atoms with E-state index in [0.717, 1.165) is 6.42 Å². The molecule has 0 saturated heterocycles. The summed E-state index contributed by atoms with van der Waals surface area (Å²) in [7, 11) is 3.25. The minimum Gasteiger partial charge on any atom is -0.495 e. The van der Waals surface area contributed by atoms with Crippen LogP contribution in [0, 0.1) is 0 Å². The van der Waals surface area contributed by atoms with Crippen LogP contribution < -0.4 is 15.4 Å². The molecule has 4 nitrogen and oxygen atoms in total. The number of carbonyl (C=O) groups excluding carboxylic acids is 1. The molecule has 2 N–H and O–H groups in total. The molecule has 1 atom stereocenters. The lowest BCUT2D eigenvalue weighted by Gasteiger charge is -2.29. The third-order valence-electron chi connectivity index (χ3n) is 3.09. The molecular formula is C14H22Cl2N2O2. The quantitative estimate of drug-likeness (QED) is 0.906. The Labute approximate surface area is 131 Å². The summed E-state index contributed by atoms with van der Waals surface area (Å²) in [6.45, 7) is 3.75. The smallest absolute Gasteiger partial charge is 0.246 e. The Morgan fingerprint density at radius 3 is 2.55 bits per heavy atom. The lowest BCUT2D eigenvalue weighted by molar-refractivity contribution is -0.123. The number of rotatable bonds is 5. The van der Waals surface area contributed by atoms with Gasteiger partial charge in [0, 0.05) is 12.7 Å². The van der Waals surface area contributed by atoms with Crippen molar-refractivity contribution in [1.29, 1.82) is 0 Å². The molecule has 114 valence electrons. The summed E-state index contributed by atoms with van der Waals surface area (Å²) in [5, 5.41) is 0.467. The molecule has 0 heterocycles. The Morgan fingerprint density at radius 2 is 2.10 bits per heavy atom. The van der Waals surface area contributed by atoms with Crippen molar-refractivity contribution in [2.75, 3.05) is 19.1 Å². The fraction of sp³-hybridized carbons (Fsp3) is 0.500. The zero-order chi connectivity index (χ0) is 14.6. The van der Waals surface area contributed by atoms with Gasteiger partial charge >= 0.3 is 0 Å². The van der Waals surface area contributed by atoms with E-state index in [1.54, 1.807) is 39.3 Å². The minimum atomic E-state index is -0.865. The van der Waals surface area contributed by atoms with E-state index < -0.39 is 5.54 Å². The van der Waals surface area contributed by atoms with Crippen LogP contribution in [-0.2, 0) is 4.79 Å². The van der Waals surface area contributed by atoms with Crippen molar-refractivity contribution in [1.82, 2.24) is 0 Å². The summed E-state index contributed by atoms with van der Waals surface area (Å²) >= 11 is 6.06. The molecule has 1 aromatic rings. The van der Waals surface area contributed by atoms with Crippen LogP contribution in [0.2, 0.25) is 5.02 Å². The van der Waals surface area contributed by atoms with Gasteiger partial charge in [-0.15, -0.1) is 12.4 Å². The summed E-state index contributed by atoms with van der Waals surface area (Å²) in [5.74, 6) is 0.450. The van der Waals surface area contributed by atoms with Gasteiger partial charge < -0.3 is 15.4 Å². The zero-order valence-electron chi connectivity index (χ0n) is 12.3. The highest BCUT2D eigenvalue weighted by atomic mass is 35.5. The van der Waals surface area contributed by atoms with Crippen molar-refractivity contribution >= 4 is 35.6 Å². The van der Waals surface area contributed by atoms with Crippen LogP contribution in [0.4, 0.5) is 5.69 Å². The molecule has 0 fully saturated rings. The van der Waals surface area contributed by atoms with E-state index in [2.05, 4.69) is 0 Å². The Kier molecular flexibility index (Phi) is 7.34. The zero-order valence-corrected chi connectivity index (χ0v) is 13.8. The second-order valence-electron chi connectivity index (χ2n) is 4.85. The van der Waals surface area contributed by atoms with Gasteiger partial charge in [-0.1, -0.05) is 24.9 Å². The molecule has 0 aliphatic rings. The summed E-state index contributed by atoms with van der Waals surface area (Å²) in [4.78, 5) is 13.9. The van der Waals surface area contributed by atoms with Crippen LogP contribution in [0.5, 0.6) is 5.75 Å². The first kappa shape index (κ1) is 19.0. The largest absolute Gasteiger partial charge is 0.495 e. The topological polar surface area (TPSA) is 55.6 Å². The van der Waals surface area contributed by atoms with E-state index in [-0.39, 0.29) is 18.3 Å². The van der Waals surface area contributed by atoms with E-state index in [1.165, 1.54) is 4.90 Å². The number of ether oxygens (including phenoxy) is 1. The number of amides is 1. The molecule has 1 unspecified atom stereocenters. The normalized spacial score (nSPS) is 13.1. The Balaban J connectivity index is 0.00000361. The second-order valence-corrected chi connectivity index (χ2v) is 5.26. The minimum absolute atomic E-state index is 0. The third kappa shape index (κ3) is 4.27. The van der Waals surface area contributed by atoms with Crippen LogP contribution >= 0.6 is 24.0 Å². The number of anilines is 1. The van der Waals surface area contributed by atoms with Crippen molar-refractivity contribution in [2.24, 2.45) is 5.73 Å². The Hall–Kier alpha value is -0.970. The molecule has 1 aromatic carbocycles. The molecule has 0 bridgehead atoms. The molecule has 0 aliphatic heterocycles. The maximum atomic E-state index is 12.3. The Bertz CT molecular complexity index is 464. The monoisotopic (exact) mass is 320 g/mol. The summed E-state index contributed by atoms with van der Waals surface area (Å²) in [5.41, 5.74) is 5.89.